The van der Waals surface area contributed by atoms with Crippen molar-refractivity contribution in [3.8, 4) is 0 Å². The summed E-state index contributed by atoms with van der Waals surface area (Å²) in [6, 6.07) is 1.55. The number of carbonyl (C=O) groups is 3. The Labute approximate surface area is 138 Å². The summed E-state index contributed by atoms with van der Waals surface area (Å²) < 4.78 is 5.06. The number of hydrogen-bond acceptors (Lipinski definition) is 5. The number of hydrogen-bond donors (Lipinski definition) is 2. The number of carbonyl (C=O) groups excluding carboxylic acids is 3. The Morgan fingerprint density at radius 1 is 1.30 bits per heavy atom. The fourth-order valence-electron chi connectivity index (χ4n) is 3.81. The molecule has 2 saturated carbocycles. The summed E-state index contributed by atoms with van der Waals surface area (Å²) in [5.74, 6) is 0.478. The van der Waals surface area contributed by atoms with Crippen molar-refractivity contribution in [2.45, 2.75) is 32.1 Å². The lowest BCUT2D eigenvalue weighted by Gasteiger charge is -2.20. The van der Waals surface area contributed by atoms with Gasteiger partial charge in [0.1, 0.15) is 5.00 Å². The van der Waals surface area contributed by atoms with Gasteiger partial charge in [0.15, 0.2) is 6.61 Å². The monoisotopic (exact) mass is 336 g/mol. The zero-order valence-corrected chi connectivity index (χ0v) is 13.6. The Kier molecular flexibility index (Phi) is 4.66. The highest BCUT2D eigenvalue weighted by Gasteiger charge is 2.40. The lowest BCUT2D eigenvalue weighted by Crippen LogP contribution is -2.24. The van der Waals surface area contributed by atoms with Gasteiger partial charge in [0.25, 0.3) is 11.8 Å². The Bertz CT molecular complexity index is 627. The molecule has 2 bridgehead atoms. The number of rotatable bonds is 6. The molecule has 0 saturated heterocycles. The van der Waals surface area contributed by atoms with Gasteiger partial charge in [-0.25, -0.2) is 0 Å². The molecule has 0 aromatic carbocycles. The standard InChI is InChI=1S/C16H20N2O4S/c17-15(21)12-3-4-23-16(12)18-13(19)8-22-14(20)7-11-6-9-1-2-10(11)5-9/h3-4,9-11H,1-2,5-8H2,(H2,17,21)(H,18,19)/t9-,10-,11-/m1/s1. The molecule has 23 heavy (non-hydrogen) atoms. The number of ether oxygens (including phenoxy) is 1. The average molecular weight is 336 g/mol. The minimum absolute atomic E-state index is 0.261. The first-order valence-electron chi connectivity index (χ1n) is 7.85. The summed E-state index contributed by atoms with van der Waals surface area (Å²) in [6.07, 6.45) is 5.27. The molecule has 6 nitrogen and oxygen atoms in total. The average Bonchev–Trinajstić information content (AvgIpc) is 3.21. The van der Waals surface area contributed by atoms with Crippen LogP contribution in [0.15, 0.2) is 11.4 Å². The Hall–Kier alpha value is -1.89. The molecule has 1 aromatic heterocycles. The van der Waals surface area contributed by atoms with Crippen LogP contribution in [-0.4, -0.2) is 24.4 Å². The van der Waals surface area contributed by atoms with E-state index in [0.29, 0.717) is 23.3 Å². The summed E-state index contributed by atoms with van der Waals surface area (Å²) in [5.41, 5.74) is 5.47. The molecule has 0 aliphatic heterocycles. The highest BCUT2D eigenvalue weighted by atomic mass is 32.1. The van der Waals surface area contributed by atoms with E-state index in [2.05, 4.69) is 5.32 Å². The molecule has 2 aliphatic rings. The fraction of sp³-hybridized carbons (Fsp3) is 0.562. The third-order valence-corrected chi connectivity index (χ3v) is 5.69. The minimum atomic E-state index is -0.602. The van der Waals surface area contributed by atoms with E-state index in [0.717, 1.165) is 12.3 Å². The van der Waals surface area contributed by atoms with Gasteiger partial charge in [-0.1, -0.05) is 6.42 Å². The van der Waals surface area contributed by atoms with Crippen molar-refractivity contribution in [1.29, 1.82) is 0 Å². The molecule has 1 aromatic rings. The maximum atomic E-state index is 11.9. The molecule has 3 atom stereocenters. The van der Waals surface area contributed by atoms with Gasteiger partial charge in [0.05, 0.1) is 5.56 Å². The second kappa shape index (κ2) is 6.70. The molecule has 0 unspecified atom stereocenters. The molecular formula is C16H20N2O4S. The van der Waals surface area contributed by atoms with Gasteiger partial charge in [0, 0.05) is 6.42 Å². The second-order valence-corrected chi connectivity index (χ2v) is 7.29. The van der Waals surface area contributed by atoms with Gasteiger partial charge in [0.2, 0.25) is 0 Å². The minimum Gasteiger partial charge on any atom is -0.456 e. The molecule has 124 valence electrons. The van der Waals surface area contributed by atoms with Gasteiger partial charge in [-0.05, 0) is 48.5 Å². The van der Waals surface area contributed by atoms with Crippen molar-refractivity contribution >= 4 is 34.1 Å². The molecule has 0 spiro atoms. The number of fused-ring (bicyclic) bond motifs is 2. The van der Waals surface area contributed by atoms with Crippen LogP contribution in [0, 0.1) is 17.8 Å². The largest absolute Gasteiger partial charge is 0.456 e. The number of primary amides is 1. The van der Waals surface area contributed by atoms with Crippen LogP contribution in [0.1, 0.15) is 42.5 Å². The predicted octanol–water partition coefficient (Wildman–Crippen LogP) is 2.15. The van der Waals surface area contributed by atoms with Crippen LogP contribution in [0.4, 0.5) is 5.00 Å². The van der Waals surface area contributed by atoms with Crippen LogP contribution in [0.2, 0.25) is 0 Å². The topological polar surface area (TPSA) is 98.5 Å². The van der Waals surface area contributed by atoms with Crippen LogP contribution in [0.25, 0.3) is 0 Å². The smallest absolute Gasteiger partial charge is 0.306 e. The SMILES string of the molecule is NC(=O)c1ccsc1NC(=O)COC(=O)C[C@H]1C[C@@H]2CC[C@@H]1C2. The van der Waals surface area contributed by atoms with Gasteiger partial charge in [-0.15, -0.1) is 11.3 Å². The lowest BCUT2D eigenvalue weighted by molar-refractivity contribution is -0.148. The second-order valence-electron chi connectivity index (χ2n) is 6.38. The zero-order chi connectivity index (χ0) is 16.4. The van der Waals surface area contributed by atoms with Crippen molar-refractivity contribution in [3.63, 3.8) is 0 Å². The molecule has 2 amide bonds. The molecule has 2 aliphatic carbocycles. The van der Waals surface area contributed by atoms with E-state index < -0.39 is 11.8 Å². The van der Waals surface area contributed by atoms with Gasteiger partial charge >= 0.3 is 5.97 Å². The lowest BCUT2D eigenvalue weighted by atomic mass is 9.86. The van der Waals surface area contributed by atoms with E-state index in [1.807, 2.05) is 0 Å². The number of anilines is 1. The van der Waals surface area contributed by atoms with Gasteiger partial charge in [-0.3, -0.25) is 14.4 Å². The molecular weight excluding hydrogens is 316 g/mol. The zero-order valence-electron chi connectivity index (χ0n) is 12.7. The molecule has 3 N–H and O–H groups in total. The summed E-state index contributed by atoms with van der Waals surface area (Å²) in [4.78, 5) is 34.9. The van der Waals surface area contributed by atoms with E-state index in [-0.39, 0.29) is 18.1 Å². The number of nitrogens with one attached hydrogen (secondary N) is 1. The van der Waals surface area contributed by atoms with Crippen molar-refractivity contribution < 1.29 is 19.1 Å². The van der Waals surface area contributed by atoms with Crippen LogP contribution < -0.4 is 11.1 Å². The fourth-order valence-corrected chi connectivity index (χ4v) is 4.62. The van der Waals surface area contributed by atoms with Crippen molar-refractivity contribution in [3.05, 3.63) is 17.0 Å². The van der Waals surface area contributed by atoms with Crippen LogP contribution >= 0.6 is 11.3 Å². The summed E-state index contributed by atoms with van der Waals surface area (Å²) >= 11 is 1.20. The first kappa shape index (κ1) is 16.0. The predicted molar refractivity (Wildman–Crippen MR) is 86.0 cm³/mol. The van der Waals surface area contributed by atoms with Crippen molar-refractivity contribution in [2.24, 2.45) is 23.5 Å². The third-order valence-electron chi connectivity index (χ3n) is 4.86. The quantitative estimate of drug-likeness (QED) is 0.778. The normalized spacial score (nSPS) is 25.3. The highest BCUT2D eigenvalue weighted by molar-refractivity contribution is 7.14. The molecule has 1 heterocycles. The Balaban J connectivity index is 1.42. The van der Waals surface area contributed by atoms with Crippen LogP contribution in [0.5, 0.6) is 0 Å². The molecule has 2 fully saturated rings. The number of thiophene rings is 1. The van der Waals surface area contributed by atoms with Gasteiger partial charge < -0.3 is 15.8 Å². The Morgan fingerprint density at radius 2 is 2.13 bits per heavy atom. The van der Waals surface area contributed by atoms with E-state index in [4.69, 9.17) is 10.5 Å². The van der Waals surface area contributed by atoms with E-state index in [9.17, 15) is 14.4 Å². The van der Waals surface area contributed by atoms with Crippen LogP contribution in [-0.2, 0) is 14.3 Å². The highest BCUT2D eigenvalue weighted by Crippen LogP contribution is 2.49. The Morgan fingerprint density at radius 3 is 2.78 bits per heavy atom. The molecule has 7 heteroatoms. The number of esters is 1. The molecule has 3 rings (SSSR count). The first-order chi connectivity index (χ1) is 11.0. The third kappa shape index (κ3) is 3.72. The number of amides is 2. The summed E-state index contributed by atoms with van der Waals surface area (Å²) in [5, 5.41) is 4.59. The maximum Gasteiger partial charge on any atom is 0.306 e. The van der Waals surface area contributed by atoms with E-state index in [1.165, 1.54) is 30.6 Å². The van der Waals surface area contributed by atoms with Crippen molar-refractivity contribution in [1.82, 2.24) is 0 Å². The summed E-state index contributed by atoms with van der Waals surface area (Å²) in [7, 11) is 0. The van der Waals surface area contributed by atoms with Gasteiger partial charge in [-0.2, -0.15) is 0 Å². The van der Waals surface area contributed by atoms with E-state index in [1.54, 1.807) is 11.4 Å². The van der Waals surface area contributed by atoms with Crippen LogP contribution in [0.3, 0.4) is 0 Å². The maximum absolute atomic E-state index is 11.9. The number of nitrogens with two attached hydrogens (primary N) is 1. The summed E-state index contributed by atoms with van der Waals surface area (Å²) in [6.45, 7) is -0.338. The molecule has 0 radical (unpaired) electrons. The first-order valence-corrected chi connectivity index (χ1v) is 8.73. The van der Waals surface area contributed by atoms with Crippen molar-refractivity contribution in [2.75, 3.05) is 11.9 Å². The van der Waals surface area contributed by atoms with E-state index >= 15 is 0 Å².